The number of carbonyl (C=O) groups is 1. The van der Waals surface area contributed by atoms with E-state index in [2.05, 4.69) is 16.0 Å². The third kappa shape index (κ3) is 9.30. The zero-order chi connectivity index (χ0) is 27.7. The number of piperidine rings is 1. The summed E-state index contributed by atoms with van der Waals surface area (Å²) < 4.78 is 37.3. The first-order valence-corrected chi connectivity index (χ1v) is 12.8. The Kier molecular flexibility index (Phi) is 11.8. The molecule has 0 saturated carbocycles. The van der Waals surface area contributed by atoms with E-state index in [1.165, 1.54) is 0 Å². The van der Waals surface area contributed by atoms with Gasteiger partial charge >= 0.3 is 12.1 Å². The quantitative estimate of drug-likeness (QED) is 0.397. The summed E-state index contributed by atoms with van der Waals surface area (Å²) in [4.78, 5) is 31.4. The lowest BCUT2D eigenvalue weighted by molar-refractivity contribution is -0.192. The molecule has 0 spiro atoms. The fourth-order valence-electron chi connectivity index (χ4n) is 3.98. The second-order valence-corrected chi connectivity index (χ2v) is 9.92. The van der Waals surface area contributed by atoms with E-state index in [9.17, 15) is 18.0 Å². The highest BCUT2D eigenvalue weighted by molar-refractivity contribution is 7.99. The molecule has 0 atom stereocenters. The smallest absolute Gasteiger partial charge is 0.478 e. The number of carboxylic acids is 1. The Balaban J connectivity index is 0.000000592. The van der Waals surface area contributed by atoms with Gasteiger partial charge in [-0.3, -0.25) is 9.69 Å². The number of halogens is 3. The fraction of sp³-hybridized carbons (Fsp3) is 0.407. The van der Waals surface area contributed by atoms with Gasteiger partial charge in [0.25, 0.3) is 5.56 Å². The minimum absolute atomic E-state index is 0. The van der Waals surface area contributed by atoms with Crippen LogP contribution in [0, 0.1) is 18.3 Å². The Morgan fingerprint density at radius 1 is 1.23 bits per heavy atom. The number of aliphatic carboxylic acids is 1. The first-order chi connectivity index (χ1) is 18.1. The van der Waals surface area contributed by atoms with Gasteiger partial charge in [0.05, 0.1) is 16.7 Å². The Morgan fingerprint density at radius 3 is 2.54 bits per heavy atom. The van der Waals surface area contributed by atoms with Gasteiger partial charge in [0.1, 0.15) is 17.6 Å². The van der Waals surface area contributed by atoms with Crippen molar-refractivity contribution in [1.29, 1.82) is 5.26 Å². The summed E-state index contributed by atoms with van der Waals surface area (Å²) in [5.74, 6) is -0.493. The van der Waals surface area contributed by atoms with Gasteiger partial charge in [0.2, 0.25) is 0 Å². The third-order valence-electron chi connectivity index (χ3n) is 5.88. The fourth-order valence-corrected chi connectivity index (χ4v) is 5.05. The molecule has 2 aromatic carbocycles. The lowest BCUT2D eigenvalue weighted by Crippen LogP contribution is -2.34. The summed E-state index contributed by atoms with van der Waals surface area (Å²) in [5, 5.41) is 17.1. The number of para-hydroxylation sites is 2. The van der Waals surface area contributed by atoms with Crippen LogP contribution in [0.15, 0.2) is 47.3 Å². The topological polar surface area (TPSA) is 119 Å². The van der Waals surface area contributed by atoms with Crippen LogP contribution in [0.1, 0.15) is 37.2 Å². The molecule has 2 N–H and O–H groups in total. The molecule has 1 fully saturated rings. The van der Waals surface area contributed by atoms with Gasteiger partial charge in [-0.1, -0.05) is 37.8 Å². The van der Waals surface area contributed by atoms with E-state index in [0.29, 0.717) is 10.6 Å². The molecule has 1 aromatic heterocycles. The van der Waals surface area contributed by atoms with E-state index in [-0.39, 0.29) is 19.6 Å². The molecule has 1 aliphatic heterocycles. The molecule has 1 saturated heterocycles. The number of aryl methyl sites for hydroxylation is 1. The predicted molar refractivity (Wildman–Crippen MR) is 145 cm³/mol. The van der Waals surface area contributed by atoms with Crippen molar-refractivity contribution in [2.75, 3.05) is 19.7 Å². The third-order valence-corrected chi connectivity index (χ3v) is 7.26. The highest BCUT2D eigenvalue weighted by Crippen LogP contribution is 2.28. The lowest BCUT2D eigenvalue weighted by atomic mass is 10.1. The number of aromatic amines is 1. The maximum atomic E-state index is 12.4. The maximum absolute atomic E-state index is 12.4. The zero-order valence-corrected chi connectivity index (χ0v) is 21.4. The molecule has 8 nitrogen and oxygen atoms in total. The number of nitriles is 1. The van der Waals surface area contributed by atoms with Crippen molar-refractivity contribution in [3.63, 3.8) is 0 Å². The normalized spacial score (nSPS) is 14.0. The number of nitrogens with zero attached hydrogens (tertiary/aromatic N) is 3. The van der Waals surface area contributed by atoms with Crippen LogP contribution in [0.5, 0.6) is 5.75 Å². The highest BCUT2D eigenvalue weighted by atomic mass is 32.2. The molecule has 2 heterocycles. The van der Waals surface area contributed by atoms with Crippen LogP contribution in [-0.4, -0.2) is 57.1 Å². The molecule has 210 valence electrons. The number of fused-ring (bicyclic) bond motifs is 1. The summed E-state index contributed by atoms with van der Waals surface area (Å²) in [6, 6.07) is 15.7. The number of H-pyrrole nitrogens is 1. The summed E-state index contributed by atoms with van der Waals surface area (Å²) >= 11 is 1.88. The largest absolute Gasteiger partial charge is 0.490 e. The predicted octanol–water partition coefficient (Wildman–Crippen LogP) is 5.30. The Hall–Kier alpha value is -3.56. The second kappa shape index (κ2) is 14.6. The maximum Gasteiger partial charge on any atom is 0.490 e. The summed E-state index contributed by atoms with van der Waals surface area (Å²) in [6.07, 6.45) is -2.88. The number of alkyl halides is 3. The van der Waals surface area contributed by atoms with Gasteiger partial charge in [-0.05, 0) is 50.6 Å². The molecule has 3 aromatic rings. The van der Waals surface area contributed by atoms with Crippen LogP contribution in [0.3, 0.4) is 0 Å². The number of benzene rings is 2. The monoisotopic (exact) mass is 564 g/mol. The van der Waals surface area contributed by atoms with E-state index in [1.54, 1.807) is 0 Å². The molecule has 1 aliphatic rings. The molecule has 0 unspecified atom stereocenters. The number of hydrogen-bond donors (Lipinski definition) is 2. The van der Waals surface area contributed by atoms with Crippen molar-refractivity contribution in [2.45, 2.75) is 50.9 Å². The molecule has 0 radical (unpaired) electrons. The Morgan fingerprint density at radius 2 is 1.90 bits per heavy atom. The van der Waals surface area contributed by atoms with Crippen molar-refractivity contribution < 1.29 is 27.8 Å². The standard InChI is InChI=1S/C24H26N4O2S.C2HF3O2.CH4/c1-17-5-4-7-20-23(17)26-22(27-24(20)29)16-31-19-9-12-28(13-10-19)15-18-6-2-3-8-21(18)30-14-11-25;3-2(4,5)1(6)7;/h2-8,19H,9-10,12-16H2,1H3,(H,26,27,29);(H,6,7);1H4. The Labute approximate surface area is 228 Å². The van der Waals surface area contributed by atoms with Crippen LogP contribution in [0.2, 0.25) is 0 Å². The van der Waals surface area contributed by atoms with Crippen LogP contribution in [0.25, 0.3) is 10.9 Å². The average molecular weight is 565 g/mol. The molecular formula is C27H31F3N4O4S. The molecule has 0 amide bonds. The summed E-state index contributed by atoms with van der Waals surface area (Å²) in [7, 11) is 0. The lowest BCUT2D eigenvalue weighted by Gasteiger charge is -2.32. The molecule has 0 bridgehead atoms. The van der Waals surface area contributed by atoms with Crippen LogP contribution in [0.4, 0.5) is 13.2 Å². The minimum atomic E-state index is -5.08. The number of thioether (sulfide) groups is 1. The average Bonchev–Trinajstić information content (AvgIpc) is 2.88. The van der Waals surface area contributed by atoms with E-state index in [4.69, 9.17) is 24.9 Å². The number of likely N-dealkylation sites (tertiary alicyclic amines) is 1. The minimum Gasteiger partial charge on any atom is -0.478 e. The van der Waals surface area contributed by atoms with Gasteiger partial charge in [0.15, 0.2) is 6.61 Å². The molecule has 0 aliphatic carbocycles. The summed E-state index contributed by atoms with van der Waals surface area (Å²) in [6.45, 7) is 4.93. The van der Waals surface area contributed by atoms with Gasteiger partial charge in [-0.25, -0.2) is 9.78 Å². The van der Waals surface area contributed by atoms with Crippen LogP contribution >= 0.6 is 11.8 Å². The van der Waals surface area contributed by atoms with Crippen molar-refractivity contribution in [1.82, 2.24) is 14.9 Å². The van der Waals surface area contributed by atoms with Crippen LogP contribution < -0.4 is 10.3 Å². The van der Waals surface area contributed by atoms with Crippen molar-refractivity contribution in [2.24, 2.45) is 0 Å². The number of rotatable bonds is 7. The van der Waals surface area contributed by atoms with Crippen molar-refractivity contribution >= 4 is 28.6 Å². The van der Waals surface area contributed by atoms with Gasteiger partial charge < -0.3 is 14.8 Å². The van der Waals surface area contributed by atoms with Crippen molar-refractivity contribution in [3.05, 3.63) is 69.8 Å². The van der Waals surface area contributed by atoms with E-state index < -0.39 is 12.1 Å². The van der Waals surface area contributed by atoms with Crippen molar-refractivity contribution in [3.8, 4) is 11.8 Å². The number of nitrogens with one attached hydrogen (secondary N) is 1. The number of hydrogen-bond acceptors (Lipinski definition) is 7. The zero-order valence-electron chi connectivity index (χ0n) is 20.6. The first-order valence-electron chi connectivity index (χ1n) is 11.8. The van der Waals surface area contributed by atoms with E-state index in [0.717, 1.165) is 66.4 Å². The van der Waals surface area contributed by atoms with Gasteiger partial charge in [0, 0.05) is 17.4 Å². The Bertz CT molecular complexity index is 1350. The highest BCUT2D eigenvalue weighted by Gasteiger charge is 2.38. The molecule has 12 heteroatoms. The van der Waals surface area contributed by atoms with Gasteiger partial charge in [-0.2, -0.15) is 30.2 Å². The van der Waals surface area contributed by atoms with Gasteiger partial charge in [-0.15, -0.1) is 0 Å². The number of aromatic nitrogens is 2. The van der Waals surface area contributed by atoms with E-state index in [1.807, 2.05) is 61.2 Å². The molecule has 39 heavy (non-hydrogen) atoms. The molecule has 4 rings (SSSR count). The summed E-state index contributed by atoms with van der Waals surface area (Å²) in [5.41, 5.74) is 2.89. The molecular weight excluding hydrogens is 533 g/mol. The first kappa shape index (κ1) is 31.7. The number of carboxylic acid groups (broad SMARTS) is 1. The second-order valence-electron chi connectivity index (χ2n) is 8.63. The van der Waals surface area contributed by atoms with Crippen LogP contribution in [-0.2, 0) is 17.1 Å². The van der Waals surface area contributed by atoms with E-state index >= 15 is 0 Å². The number of ether oxygens (including phenoxy) is 1. The SMILES string of the molecule is C.Cc1cccc2c(=O)[nH]c(CSC3CCN(Cc4ccccc4OCC#N)CC3)nc12.O=C(O)C(F)(F)F.